The van der Waals surface area contributed by atoms with Gasteiger partial charge in [0.15, 0.2) is 50.3 Å². The number of ether oxygens (including phenoxy) is 8. The maximum Gasteiger partial charge on any atom is 0.338 e. The molecule has 2 aliphatic heterocycles. The van der Waals surface area contributed by atoms with Gasteiger partial charge in [-0.15, -0.1) is 0 Å². The molecule has 8 aliphatic rings. The number of hydrogen-bond donors (Lipinski definition) is 3. The Bertz CT molecular complexity index is 4270. The maximum atomic E-state index is 15.9. The highest BCUT2D eigenvalue weighted by Crippen LogP contribution is 2.68. The monoisotopic (exact) mass is 1830 g/mol. The van der Waals surface area contributed by atoms with Crippen molar-refractivity contribution in [2.75, 3.05) is 13.2 Å². The number of Topliss-reactive ketones (excluding diaryl/α,β-unsaturated/α-hetero) is 3. The van der Waals surface area contributed by atoms with E-state index >= 15 is 14.4 Å². The molecule has 6 aliphatic carbocycles. The van der Waals surface area contributed by atoms with E-state index in [0.717, 1.165) is 72.5 Å². The van der Waals surface area contributed by atoms with Gasteiger partial charge in [0.05, 0.1) is 59.2 Å². The summed E-state index contributed by atoms with van der Waals surface area (Å²) in [5, 5.41) is 40.7. The number of ketones is 3. The Hall–Kier alpha value is -5.74. The van der Waals surface area contributed by atoms with Crippen LogP contribution in [0.5, 0.6) is 0 Å². The zero-order chi connectivity index (χ0) is 94.2. The molecule has 3 N–H and O–H groups in total. The van der Waals surface area contributed by atoms with Gasteiger partial charge in [-0.1, -0.05) is 189 Å². The van der Waals surface area contributed by atoms with Gasteiger partial charge in [0, 0.05) is 55.9 Å². The van der Waals surface area contributed by atoms with Crippen LogP contribution in [-0.2, 0) is 89.2 Å². The average molecular weight is 1830 g/mol. The van der Waals surface area contributed by atoms with E-state index in [2.05, 4.69) is 111 Å². The highest BCUT2D eigenvalue weighted by atomic mass is 28.4. The van der Waals surface area contributed by atoms with Crippen LogP contribution in [0, 0.1) is 57.2 Å². The van der Waals surface area contributed by atoms with E-state index in [-0.39, 0.29) is 84.8 Å². The van der Waals surface area contributed by atoms with Crippen molar-refractivity contribution in [1.29, 1.82) is 0 Å². The fourth-order valence-corrected chi connectivity index (χ4v) is 35.3. The summed E-state index contributed by atoms with van der Waals surface area (Å²) in [5.74, 6) is -8.87. The molecule has 0 spiro atoms. The van der Waals surface area contributed by atoms with Crippen molar-refractivity contribution < 1.29 is 114 Å². The molecule has 706 valence electrons. The van der Waals surface area contributed by atoms with Crippen molar-refractivity contribution in [3.05, 3.63) is 94.1 Å². The van der Waals surface area contributed by atoms with Crippen LogP contribution in [0.2, 0.25) is 72.5 Å². The van der Waals surface area contributed by atoms with Crippen molar-refractivity contribution in [2.45, 2.75) is 394 Å². The van der Waals surface area contributed by atoms with Crippen LogP contribution in [-0.4, -0.2) is 205 Å². The number of esters is 6. The molecule has 2 aromatic rings. The minimum absolute atomic E-state index is 0.0103. The molecule has 2 heterocycles. The van der Waals surface area contributed by atoms with E-state index < -0.39 is 209 Å². The lowest BCUT2D eigenvalue weighted by atomic mass is 9.44. The summed E-state index contributed by atoms with van der Waals surface area (Å²) in [6.07, 6.45) is -11.5. The smallest absolute Gasteiger partial charge is 0.338 e. The standard InChI is InChI=1S/C49H78O12Si2.C49H76O12Si2/c2*1-15-62(16-2,17-3)60-36-27-37-48(29-56-37,59-33(11)50)41-43(58-44(53)34-24-22-21-23-25-34)49(55)28-35(32(10)38(46(49,12)13)39(51)42(52)47(36,41)14)57-45(54)40(31(9)26-30(7)8)61-63(18-4,19-5)20-6/h21-25,30-31,35-37,39-41,43,51,55H,15-20,26-29H2,1-14H3;21-25,30-31,35-37,40-41,43,55H,15-20,26-29H2,1-14H3/t31-,35-,36-,37+,39+,40?,41-,43-,47+,48-,49+;31-,35-,36-,37+,40?,41-,43-,47+,48-,49+/m00/s1. The average Bonchev–Trinajstić information content (AvgIpc) is 0.670. The molecule has 2 unspecified atom stereocenters. The molecule has 21 atom stereocenters. The molecule has 2 saturated heterocycles. The zero-order valence-electron chi connectivity index (χ0n) is 81.1. The molecule has 4 saturated carbocycles. The van der Waals surface area contributed by atoms with Gasteiger partial charge >= 0.3 is 35.8 Å². The van der Waals surface area contributed by atoms with Gasteiger partial charge < -0.3 is 70.9 Å². The Labute approximate surface area is 755 Å². The van der Waals surface area contributed by atoms with Gasteiger partial charge in [0.2, 0.25) is 11.6 Å². The second kappa shape index (κ2) is 40.0. The molecule has 0 radical (unpaired) electrons. The fraction of sp³-hybridized carbons (Fsp3) is 0.745. The Morgan fingerprint density at radius 3 is 1.13 bits per heavy atom. The van der Waals surface area contributed by atoms with Crippen molar-refractivity contribution >= 4 is 86.4 Å². The molecule has 0 amide bonds. The molecule has 6 fully saturated rings. The number of aliphatic hydroxyl groups excluding tert-OH is 1. The first-order valence-corrected chi connectivity index (χ1v) is 57.5. The van der Waals surface area contributed by atoms with Crippen LogP contribution in [0.4, 0.5) is 0 Å². The first kappa shape index (κ1) is 104. The minimum atomic E-state index is -2.55. The third kappa shape index (κ3) is 18.5. The molecule has 0 aromatic heterocycles. The maximum absolute atomic E-state index is 15.9. The Morgan fingerprint density at radius 1 is 0.468 bits per heavy atom. The molecular weight excluding hydrogens is 1670 g/mol. The molecular formula is C98H154O24Si4. The summed E-state index contributed by atoms with van der Waals surface area (Å²) in [5.41, 5.74) is -12.8. The fourth-order valence-electron chi connectivity index (χ4n) is 23.7. The highest BCUT2D eigenvalue weighted by molar-refractivity contribution is 6.75. The Kier molecular flexibility index (Phi) is 33.0. The number of aliphatic hydroxyl groups is 3. The first-order valence-electron chi connectivity index (χ1n) is 47.4. The predicted octanol–water partition coefficient (Wildman–Crippen LogP) is 17.7. The van der Waals surface area contributed by atoms with E-state index in [4.69, 9.17) is 55.6 Å². The summed E-state index contributed by atoms with van der Waals surface area (Å²) >= 11 is 0. The topological polar surface area (TPSA) is 325 Å². The summed E-state index contributed by atoms with van der Waals surface area (Å²) in [7, 11) is -9.79. The first-order chi connectivity index (χ1) is 58.9. The second-order valence-electron chi connectivity index (χ2n) is 40.5. The molecule has 4 bridgehead atoms. The summed E-state index contributed by atoms with van der Waals surface area (Å²) < 4.78 is 79.9. The van der Waals surface area contributed by atoms with Crippen LogP contribution in [0.15, 0.2) is 83.0 Å². The van der Waals surface area contributed by atoms with Crippen molar-refractivity contribution in [3.63, 3.8) is 0 Å². The number of carbonyl (C=O) groups excluding carboxylic acids is 9. The second-order valence-corrected chi connectivity index (χ2v) is 59.4. The summed E-state index contributed by atoms with van der Waals surface area (Å²) in [4.78, 5) is 132. The highest BCUT2D eigenvalue weighted by Gasteiger charge is 2.81. The molecule has 126 heavy (non-hydrogen) atoms. The van der Waals surface area contributed by atoms with E-state index in [9.17, 15) is 44.1 Å². The van der Waals surface area contributed by atoms with Gasteiger partial charge in [0.25, 0.3) is 0 Å². The summed E-state index contributed by atoms with van der Waals surface area (Å²) in [6.45, 7) is 53.2. The van der Waals surface area contributed by atoms with Crippen LogP contribution >= 0.6 is 0 Å². The van der Waals surface area contributed by atoms with Crippen molar-refractivity contribution in [1.82, 2.24) is 0 Å². The SMILES string of the molecule is CC[Si](CC)(CC)OC(C(=O)O[C@H]1C[C@@]2(O)[C@@H](OC(=O)c3ccccc3)[C@@H]3[C@]4(OC(C)=O)CO[C@@H]4C[C@H](O[Si](CC)(CC)CC)[C@@]3(C)C(=O)C(=O)C(=C1C)C2(C)C)[C@@H](C)CC(C)C.CC[Si](CC)(CC)OC(C(=O)O[C@H]1C[C@@]2(O)[C@@H](OC(=O)c3ccccc3)[C@@H]3[C@]4(OC(C)=O)CO[C@@H]4C[C@H](O[Si](CC)(CC)CC)[C@@]3(C)C(=O)[C@H](O)C(=C1C)C2(C)C)[C@@H](C)CC(C)C. The molecule has 10 rings (SSSR count). The number of rotatable bonds is 36. The quantitative estimate of drug-likeness (QED) is 0.0188. The summed E-state index contributed by atoms with van der Waals surface area (Å²) in [6, 6.07) is 26.1. The van der Waals surface area contributed by atoms with Crippen LogP contribution in [0.3, 0.4) is 0 Å². The van der Waals surface area contributed by atoms with Crippen LogP contribution in [0.25, 0.3) is 0 Å². The van der Waals surface area contributed by atoms with Crippen molar-refractivity contribution in [3.8, 4) is 0 Å². The van der Waals surface area contributed by atoms with E-state index in [1.807, 2.05) is 13.8 Å². The third-order valence-corrected chi connectivity index (χ3v) is 51.1. The number of benzene rings is 2. The minimum Gasteiger partial charge on any atom is -0.456 e. The van der Waals surface area contributed by atoms with Gasteiger partial charge in [-0.25, -0.2) is 19.2 Å². The lowest BCUT2D eigenvalue weighted by Gasteiger charge is -2.68. The number of carbonyl (C=O) groups is 9. The van der Waals surface area contributed by atoms with Gasteiger partial charge in [0.1, 0.15) is 66.1 Å². The van der Waals surface area contributed by atoms with E-state index in [1.54, 1.807) is 116 Å². The Balaban J connectivity index is 0.000000285. The van der Waals surface area contributed by atoms with Gasteiger partial charge in [-0.3, -0.25) is 24.0 Å². The largest absolute Gasteiger partial charge is 0.456 e. The molecule has 2 aromatic carbocycles. The predicted molar refractivity (Wildman–Crippen MR) is 491 cm³/mol. The number of hydrogen-bond acceptors (Lipinski definition) is 24. The lowest BCUT2D eigenvalue weighted by Crippen LogP contribution is -2.82. The third-order valence-electron chi connectivity index (χ3n) is 32.5. The van der Waals surface area contributed by atoms with Crippen LogP contribution in [0.1, 0.15) is 253 Å². The lowest BCUT2D eigenvalue weighted by molar-refractivity contribution is -0.344. The van der Waals surface area contributed by atoms with Gasteiger partial charge in [-0.05, 0) is 178 Å². The van der Waals surface area contributed by atoms with Crippen molar-refractivity contribution in [2.24, 2.45) is 57.2 Å². The van der Waals surface area contributed by atoms with Gasteiger partial charge in [-0.2, -0.15) is 0 Å². The Morgan fingerprint density at radius 2 is 0.802 bits per heavy atom. The van der Waals surface area contributed by atoms with E-state index in [1.165, 1.54) is 13.8 Å². The molecule has 24 nitrogen and oxygen atoms in total. The zero-order valence-corrected chi connectivity index (χ0v) is 85.1. The van der Waals surface area contributed by atoms with Crippen LogP contribution < -0.4 is 0 Å². The normalized spacial score (nSPS) is 32.0. The van der Waals surface area contributed by atoms with E-state index in [0.29, 0.717) is 24.0 Å². The molecule has 28 heteroatoms. The number of fused-ring (bicyclic) bond motifs is 10.